The van der Waals surface area contributed by atoms with E-state index in [1.54, 1.807) is 11.3 Å². The molecule has 106 valence electrons. The lowest BCUT2D eigenvalue weighted by Gasteiger charge is -2.04. The van der Waals surface area contributed by atoms with Gasteiger partial charge in [-0.05, 0) is 31.9 Å². The molecule has 0 bridgehead atoms. The van der Waals surface area contributed by atoms with E-state index in [2.05, 4.69) is 19.1 Å². The van der Waals surface area contributed by atoms with Gasteiger partial charge >= 0.3 is 0 Å². The molecule has 3 rings (SSSR count). The molecule has 2 aromatic rings. The standard InChI is InChI=1S/C16H20N2OS/c1-11-2-6-13(7-3-11)19-9-8-15-18-16(12-4-5-12)14(10-17)20-15/h2-3,6-7,12H,4-5,8-10,17H2,1H3. The summed E-state index contributed by atoms with van der Waals surface area (Å²) in [4.78, 5) is 6.01. The fourth-order valence-corrected chi connectivity index (χ4v) is 3.25. The van der Waals surface area contributed by atoms with Crippen LogP contribution in [0.15, 0.2) is 24.3 Å². The highest BCUT2D eigenvalue weighted by Crippen LogP contribution is 2.42. The summed E-state index contributed by atoms with van der Waals surface area (Å²) in [6.45, 7) is 3.36. The molecule has 4 heteroatoms. The second-order valence-corrected chi connectivity index (χ2v) is 6.47. The summed E-state index contributed by atoms with van der Waals surface area (Å²) in [5, 5.41) is 1.15. The first-order valence-corrected chi connectivity index (χ1v) is 7.96. The van der Waals surface area contributed by atoms with Crippen LogP contribution in [0.1, 0.15) is 39.9 Å². The van der Waals surface area contributed by atoms with Gasteiger partial charge in [-0.25, -0.2) is 4.98 Å². The molecular weight excluding hydrogens is 268 g/mol. The molecule has 0 radical (unpaired) electrons. The lowest BCUT2D eigenvalue weighted by molar-refractivity contribution is 0.321. The number of hydrogen-bond acceptors (Lipinski definition) is 4. The number of hydrogen-bond donors (Lipinski definition) is 1. The van der Waals surface area contributed by atoms with Gasteiger partial charge in [-0.1, -0.05) is 17.7 Å². The van der Waals surface area contributed by atoms with Crippen LogP contribution in [-0.2, 0) is 13.0 Å². The van der Waals surface area contributed by atoms with Gasteiger partial charge in [0.25, 0.3) is 0 Å². The first kappa shape index (κ1) is 13.6. The van der Waals surface area contributed by atoms with Crippen LogP contribution in [0.4, 0.5) is 0 Å². The molecule has 0 saturated heterocycles. The van der Waals surface area contributed by atoms with E-state index in [-0.39, 0.29) is 0 Å². The summed E-state index contributed by atoms with van der Waals surface area (Å²) in [6, 6.07) is 8.16. The van der Waals surface area contributed by atoms with Crippen LogP contribution in [0.25, 0.3) is 0 Å². The van der Waals surface area contributed by atoms with E-state index in [1.165, 1.54) is 29.0 Å². The molecule has 1 aromatic heterocycles. The molecule has 1 saturated carbocycles. The summed E-state index contributed by atoms with van der Waals surface area (Å²) < 4.78 is 5.76. The van der Waals surface area contributed by atoms with Crippen LogP contribution in [0.2, 0.25) is 0 Å². The second-order valence-electron chi connectivity index (χ2n) is 5.31. The van der Waals surface area contributed by atoms with Gasteiger partial charge < -0.3 is 10.5 Å². The molecule has 1 aliphatic rings. The van der Waals surface area contributed by atoms with Gasteiger partial charge in [-0.2, -0.15) is 0 Å². The van der Waals surface area contributed by atoms with Crippen molar-refractivity contribution in [1.82, 2.24) is 4.98 Å². The zero-order valence-electron chi connectivity index (χ0n) is 11.8. The number of rotatable bonds is 6. The van der Waals surface area contributed by atoms with E-state index in [1.807, 2.05) is 12.1 Å². The van der Waals surface area contributed by atoms with E-state index in [0.29, 0.717) is 19.1 Å². The molecule has 3 nitrogen and oxygen atoms in total. The number of aromatic nitrogens is 1. The molecular formula is C16H20N2OS. The predicted molar refractivity (Wildman–Crippen MR) is 82.4 cm³/mol. The Kier molecular flexibility index (Phi) is 4.03. The lowest BCUT2D eigenvalue weighted by Crippen LogP contribution is -2.01. The molecule has 1 aromatic carbocycles. The van der Waals surface area contributed by atoms with E-state index >= 15 is 0 Å². The Balaban J connectivity index is 1.56. The van der Waals surface area contributed by atoms with Crippen molar-refractivity contribution < 1.29 is 4.74 Å². The second kappa shape index (κ2) is 5.94. The normalized spacial score (nSPS) is 14.5. The van der Waals surface area contributed by atoms with Gasteiger partial charge in [0.15, 0.2) is 0 Å². The predicted octanol–water partition coefficient (Wildman–Crippen LogP) is 3.41. The Bertz CT molecular complexity index is 573. The molecule has 0 spiro atoms. The maximum Gasteiger partial charge on any atom is 0.119 e. The fraction of sp³-hybridized carbons (Fsp3) is 0.438. The Hall–Kier alpha value is -1.39. The lowest BCUT2D eigenvalue weighted by atomic mass is 10.2. The fourth-order valence-electron chi connectivity index (χ4n) is 2.23. The molecule has 1 heterocycles. The van der Waals surface area contributed by atoms with Crippen LogP contribution in [0.5, 0.6) is 5.75 Å². The van der Waals surface area contributed by atoms with Crippen LogP contribution in [-0.4, -0.2) is 11.6 Å². The van der Waals surface area contributed by atoms with Gasteiger partial charge in [0.1, 0.15) is 5.75 Å². The van der Waals surface area contributed by atoms with E-state index < -0.39 is 0 Å². The zero-order chi connectivity index (χ0) is 13.9. The van der Waals surface area contributed by atoms with Gasteiger partial charge in [0.2, 0.25) is 0 Å². The largest absolute Gasteiger partial charge is 0.493 e. The first-order valence-electron chi connectivity index (χ1n) is 7.14. The van der Waals surface area contributed by atoms with Crippen molar-refractivity contribution in [3.8, 4) is 5.75 Å². The van der Waals surface area contributed by atoms with Gasteiger partial charge in [0.05, 0.1) is 17.3 Å². The summed E-state index contributed by atoms with van der Waals surface area (Å²) in [6.07, 6.45) is 3.41. The minimum atomic E-state index is 0.613. The average molecular weight is 288 g/mol. The Morgan fingerprint density at radius 2 is 2.05 bits per heavy atom. The quantitative estimate of drug-likeness (QED) is 0.886. The number of benzene rings is 1. The topological polar surface area (TPSA) is 48.1 Å². The van der Waals surface area contributed by atoms with Crippen LogP contribution in [0.3, 0.4) is 0 Å². The number of ether oxygens (including phenoxy) is 1. The minimum absolute atomic E-state index is 0.613. The third kappa shape index (κ3) is 3.19. The first-order chi connectivity index (χ1) is 9.76. The van der Waals surface area contributed by atoms with Crippen molar-refractivity contribution in [1.29, 1.82) is 0 Å². The molecule has 1 aliphatic carbocycles. The number of nitrogens with two attached hydrogens (primary N) is 1. The van der Waals surface area contributed by atoms with Gasteiger partial charge in [0, 0.05) is 23.8 Å². The smallest absolute Gasteiger partial charge is 0.119 e. The van der Waals surface area contributed by atoms with Crippen LogP contribution < -0.4 is 10.5 Å². The Labute approximate surface area is 123 Å². The van der Waals surface area contributed by atoms with Crippen LogP contribution >= 0.6 is 11.3 Å². The van der Waals surface area contributed by atoms with Gasteiger partial charge in [-0.3, -0.25) is 0 Å². The summed E-state index contributed by atoms with van der Waals surface area (Å²) in [7, 11) is 0. The summed E-state index contributed by atoms with van der Waals surface area (Å²) >= 11 is 1.75. The number of aryl methyl sites for hydroxylation is 1. The van der Waals surface area contributed by atoms with E-state index in [4.69, 9.17) is 15.5 Å². The SMILES string of the molecule is Cc1ccc(OCCc2nc(C3CC3)c(CN)s2)cc1. The average Bonchev–Trinajstić information content (AvgIpc) is 3.22. The maximum atomic E-state index is 5.80. The Morgan fingerprint density at radius 1 is 1.30 bits per heavy atom. The number of nitrogens with zero attached hydrogens (tertiary/aromatic N) is 1. The van der Waals surface area contributed by atoms with Crippen molar-refractivity contribution in [3.05, 3.63) is 45.4 Å². The van der Waals surface area contributed by atoms with E-state index in [0.717, 1.165) is 17.2 Å². The van der Waals surface area contributed by atoms with E-state index in [9.17, 15) is 0 Å². The third-order valence-electron chi connectivity index (χ3n) is 3.53. The highest BCUT2D eigenvalue weighted by atomic mass is 32.1. The summed E-state index contributed by atoms with van der Waals surface area (Å²) in [5.74, 6) is 1.60. The molecule has 1 fully saturated rings. The Morgan fingerprint density at radius 3 is 2.70 bits per heavy atom. The van der Waals surface area contributed by atoms with Crippen molar-refractivity contribution in [2.45, 2.75) is 38.6 Å². The van der Waals surface area contributed by atoms with Crippen molar-refractivity contribution in [3.63, 3.8) is 0 Å². The molecule has 0 amide bonds. The monoisotopic (exact) mass is 288 g/mol. The highest BCUT2D eigenvalue weighted by Gasteiger charge is 2.29. The maximum absolute atomic E-state index is 5.80. The molecule has 20 heavy (non-hydrogen) atoms. The number of thiazole rings is 1. The highest BCUT2D eigenvalue weighted by molar-refractivity contribution is 7.11. The van der Waals surface area contributed by atoms with Crippen molar-refractivity contribution >= 4 is 11.3 Å². The zero-order valence-corrected chi connectivity index (χ0v) is 12.6. The van der Waals surface area contributed by atoms with Crippen LogP contribution in [0, 0.1) is 6.92 Å². The summed E-state index contributed by atoms with van der Waals surface area (Å²) in [5.41, 5.74) is 8.30. The van der Waals surface area contributed by atoms with Crippen molar-refractivity contribution in [2.24, 2.45) is 5.73 Å². The molecule has 0 atom stereocenters. The molecule has 0 aliphatic heterocycles. The molecule has 2 N–H and O–H groups in total. The van der Waals surface area contributed by atoms with Gasteiger partial charge in [-0.15, -0.1) is 11.3 Å². The minimum Gasteiger partial charge on any atom is -0.493 e. The third-order valence-corrected chi connectivity index (χ3v) is 4.68. The van der Waals surface area contributed by atoms with Crippen molar-refractivity contribution in [2.75, 3.05) is 6.61 Å². The molecule has 0 unspecified atom stereocenters.